The lowest BCUT2D eigenvalue weighted by molar-refractivity contribution is 0.144. The first-order chi connectivity index (χ1) is 8.88. The average molecular weight is 288 g/mol. The van der Waals surface area contributed by atoms with Gasteiger partial charge >= 0.3 is 0 Å². The predicted octanol–water partition coefficient (Wildman–Crippen LogP) is 2.26. The van der Waals surface area contributed by atoms with E-state index in [-0.39, 0.29) is 12.4 Å². The summed E-state index contributed by atoms with van der Waals surface area (Å²) in [4.78, 5) is 0. The molecule has 1 N–H and O–H groups in total. The lowest BCUT2D eigenvalue weighted by atomic mass is 10.1. The van der Waals surface area contributed by atoms with Crippen LogP contribution in [0.2, 0.25) is 0 Å². The molecule has 0 atom stereocenters. The van der Waals surface area contributed by atoms with Crippen molar-refractivity contribution in [1.29, 1.82) is 0 Å². The van der Waals surface area contributed by atoms with E-state index in [9.17, 15) is 0 Å². The number of piperidine rings is 1. The highest BCUT2D eigenvalue weighted by Crippen LogP contribution is 2.22. The van der Waals surface area contributed by atoms with E-state index in [1.165, 1.54) is 0 Å². The standard InChI is InChI=1S/C14H21NO3.ClH/c1-16-9-10-17-13-3-2-4-14(11-13)18-12-5-7-15-8-6-12;/h2-4,11-12,15H,5-10H2,1H3;1H. The molecule has 1 aromatic carbocycles. The Morgan fingerprint density at radius 2 is 1.89 bits per heavy atom. The smallest absolute Gasteiger partial charge is 0.123 e. The fourth-order valence-corrected chi connectivity index (χ4v) is 1.99. The van der Waals surface area contributed by atoms with Gasteiger partial charge in [0.2, 0.25) is 0 Å². The van der Waals surface area contributed by atoms with Gasteiger partial charge in [-0.15, -0.1) is 12.4 Å². The summed E-state index contributed by atoms with van der Waals surface area (Å²) >= 11 is 0. The number of rotatable bonds is 6. The van der Waals surface area contributed by atoms with E-state index < -0.39 is 0 Å². The van der Waals surface area contributed by atoms with Crippen molar-refractivity contribution in [2.45, 2.75) is 18.9 Å². The second kappa shape index (κ2) is 9.02. The van der Waals surface area contributed by atoms with Gasteiger partial charge in [0.25, 0.3) is 0 Å². The van der Waals surface area contributed by atoms with Crippen LogP contribution in [-0.2, 0) is 4.74 Å². The van der Waals surface area contributed by atoms with Gasteiger partial charge in [-0.2, -0.15) is 0 Å². The Kier molecular flexibility index (Phi) is 7.63. The summed E-state index contributed by atoms with van der Waals surface area (Å²) in [6, 6.07) is 7.81. The highest BCUT2D eigenvalue weighted by atomic mass is 35.5. The molecule has 1 aromatic rings. The minimum atomic E-state index is 0. The molecule has 1 aliphatic rings. The minimum absolute atomic E-state index is 0. The summed E-state index contributed by atoms with van der Waals surface area (Å²) in [6.07, 6.45) is 2.45. The van der Waals surface area contributed by atoms with Crippen molar-refractivity contribution in [1.82, 2.24) is 5.32 Å². The highest BCUT2D eigenvalue weighted by molar-refractivity contribution is 5.85. The zero-order valence-corrected chi connectivity index (χ0v) is 12.1. The van der Waals surface area contributed by atoms with Gasteiger partial charge in [0, 0.05) is 13.2 Å². The van der Waals surface area contributed by atoms with Gasteiger partial charge in [-0.25, -0.2) is 0 Å². The molecular formula is C14H22ClNO3. The number of nitrogens with one attached hydrogen (secondary N) is 1. The molecule has 0 unspecified atom stereocenters. The molecule has 108 valence electrons. The Morgan fingerprint density at radius 1 is 1.16 bits per heavy atom. The fraction of sp³-hybridized carbons (Fsp3) is 0.571. The maximum Gasteiger partial charge on any atom is 0.123 e. The van der Waals surface area contributed by atoms with Gasteiger partial charge in [-0.05, 0) is 38.1 Å². The van der Waals surface area contributed by atoms with Gasteiger partial charge in [0.1, 0.15) is 24.2 Å². The average Bonchev–Trinajstić information content (AvgIpc) is 2.41. The van der Waals surface area contributed by atoms with Crippen molar-refractivity contribution in [2.24, 2.45) is 0 Å². The van der Waals surface area contributed by atoms with E-state index in [1.54, 1.807) is 7.11 Å². The van der Waals surface area contributed by atoms with Crippen LogP contribution in [-0.4, -0.2) is 39.5 Å². The van der Waals surface area contributed by atoms with Crippen LogP contribution in [0.3, 0.4) is 0 Å². The third-order valence-corrected chi connectivity index (χ3v) is 2.95. The lowest BCUT2D eigenvalue weighted by Gasteiger charge is -2.24. The molecule has 1 heterocycles. The quantitative estimate of drug-likeness (QED) is 0.815. The van der Waals surface area contributed by atoms with Crippen molar-refractivity contribution < 1.29 is 14.2 Å². The van der Waals surface area contributed by atoms with E-state index in [4.69, 9.17) is 14.2 Å². The molecule has 0 saturated carbocycles. The highest BCUT2D eigenvalue weighted by Gasteiger charge is 2.14. The SMILES string of the molecule is COCCOc1cccc(OC2CCNCC2)c1.Cl. The van der Waals surface area contributed by atoms with Crippen LogP contribution in [0.5, 0.6) is 11.5 Å². The zero-order valence-electron chi connectivity index (χ0n) is 11.3. The summed E-state index contributed by atoms with van der Waals surface area (Å²) in [7, 11) is 1.67. The molecule has 5 heteroatoms. The van der Waals surface area contributed by atoms with Gasteiger partial charge in [-0.3, -0.25) is 0 Å². The molecule has 0 spiro atoms. The Labute approximate surface area is 120 Å². The third kappa shape index (κ3) is 5.68. The monoisotopic (exact) mass is 287 g/mol. The molecule has 19 heavy (non-hydrogen) atoms. The minimum Gasteiger partial charge on any atom is -0.491 e. The van der Waals surface area contributed by atoms with E-state index in [2.05, 4.69) is 5.32 Å². The fourth-order valence-electron chi connectivity index (χ4n) is 1.99. The maximum atomic E-state index is 5.95. The summed E-state index contributed by atoms with van der Waals surface area (Å²) in [5.41, 5.74) is 0. The van der Waals surface area contributed by atoms with Crippen molar-refractivity contribution in [3.8, 4) is 11.5 Å². The van der Waals surface area contributed by atoms with Crippen molar-refractivity contribution in [3.63, 3.8) is 0 Å². The van der Waals surface area contributed by atoms with Gasteiger partial charge in [0.15, 0.2) is 0 Å². The van der Waals surface area contributed by atoms with Crippen LogP contribution in [0.4, 0.5) is 0 Å². The van der Waals surface area contributed by atoms with E-state index >= 15 is 0 Å². The van der Waals surface area contributed by atoms with Gasteiger partial charge in [-0.1, -0.05) is 6.07 Å². The molecule has 0 aliphatic carbocycles. The van der Waals surface area contributed by atoms with Crippen molar-refractivity contribution >= 4 is 12.4 Å². The normalized spacial score (nSPS) is 15.6. The van der Waals surface area contributed by atoms with Crippen LogP contribution in [0.15, 0.2) is 24.3 Å². The number of halogens is 1. The van der Waals surface area contributed by atoms with Crippen LogP contribution in [0.1, 0.15) is 12.8 Å². The number of methoxy groups -OCH3 is 1. The van der Waals surface area contributed by atoms with E-state index in [1.807, 2.05) is 24.3 Å². The summed E-state index contributed by atoms with van der Waals surface area (Å²) < 4.78 is 16.5. The van der Waals surface area contributed by atoms with Crippen LogP contribution in [0.25, 0.3) is 0 Å². The Bertz CT molecular complexity index is 356. The number of ether oxygens (including phenoxy) is 3. The topological polar surface area (TPSA) is 39.7 Å². The first-order valence-corrected chi connectivity index (χ1v) is 6.47. The molecular weight excluding hydrogens is 266 g/mol. The van der Waals surface area contributed by atoms with Gasteiger partial charge in [0.05, 0.1) is 6.61 Å². The molecule has 2 rings (SSSR count). The largest absolute Gasteiger partial charge is 0.491 e. The molecule has 0 bridgehead atoms. The number of hydrogen-bond acceptors (Lipinski definition) is 4. The lowest BCUT2D eigenvalue weighted by Crippen LogP contribution is -2.34. The maximum absolute atomic E-state index is 5.95. The predicted molar refractivity (Wildman–Crippen MR) is 77.6 cm³/mol. The first-order valence-electron chi connectivity index (χ1n) is 6.47. The number of hydrogen-bond donors (Lipinski definition) is 1. The summed E-state index contributed by atoms with van der Waals surface area (Å²) in [5.74, 6) is 1.72. The van der Waals surface area contributed by atoms with E-state index in [0.717, 1.165) is 37.4 Å². The Balaban J connectivity index is 0.00000180. The van der Waals surface area contributed by atoms with Crippen LogP contribution < -0.4 is 14.8 Å². The molecule has 0 amide bonds. The zero-order chi connectivity index (χ0) is 12.6. The second-order valence-electron chi connectivity index (χ2n) is 4.38. The van der Waals surface area contributed by atoms with Crippen molar-refractivity contribution in [3.05, 3.63) is 24.3 Å². The van der Waals surface area contributed by atoms with E-state index in [0.29, 0.717) is 19.3 Å². The molecule has 0 radical (unpaired) electrons. The Morgan fingerprint density at radius 3 is 2.63 bits per heavy atom. The Hall–Kier alpha value is -0.970. The molecule has 1 aliphatic heterocycles. The molecule has 1 saturated heterocycles. The van der Waals surface area contributed by atoms with Crippen LogP contribution >= 0.6 is 12.4 Å². The molecule has 4 nitrogen and oxygen atoms in total. The van der Waals surface area contributed by atoms with Gasteiger partial charge < -0.3 is 19.5 Å². The molecule has 0 aromatic heterocycles. The second-order valence-corrected chi connectivity index (χ2v) is 4.38. The van der Waals surface area contributed by atoms with Crippen molar-refractivity contribution in [2.75, 3.05) is 33.4 Å². The summed E-state index contributed by atoms with van der Waals surface area (Å²) in [5, 5.41) is 3.33. The summed E-state index contributed by atoms with van der Waals surface area (Å²) in [6.45, 7) is 3.23. The van der Waals surface area contributed by atoms with Crippen LogP contribution in [0, 0.1) is 0 Å². The number of benzene rings is 1. The molecule has 1 fully saturated rings. The first kappa shape index (κ1) is 16.1. The third-order valence-electron chi connectivity index (χ3n) is 2.95.